The van der Waals surface area contributed by atoms with Gasteiger partial charge in [-0.25, -0.2) is 4.79 Å². The number of hydrogen-bond acceptors (Lipinski definition) is 5. The number of aliphatic hydroxyl groups excluding tert-OH is 2. The van der Waals surface area contributed by atoms with Gasteiger partial charge in [0.05, 0.1) is 24.7 Å². The minimum absolute atomic E-state index is 0.0974. The summed E-state index contributed by atoms with van der Waals surface area (Å²) in [6, 6.07) is 4.33. The molecule has 2 atom stereocenters. The Hall–Kier alpha value is -1.30. The topological polar surface area (TPSA) is 92.8 Å². The lowest BCUT2D eigenvalue weighted by atomic mass is 10.0. The molecule has 0 aliphatic carbocycles. The minimum Gasteiger partial charge on any atom is -0.465 e. The summed E-state index contributed by atoms with van der Waals surface area (Å²) in [5.74, 6) is -0.652. The average molecular weight is 260 g/mol. The highest BCUT2D eigenvalue weighted by atomic mass is 35.5. The number of hydrogen-bond donors (Lipinski definition) is 3. The van der Waals surface area contributed by atoms with Crippen LogP contribution in [0, 0.1) is 0 Å². The molecule has 4 N–H and O–H groups in total. The van der Waals surface area contributed by atoms with Gasteiger partial charge in [0.25, 0.3) is 0 Å². The van der Waals surface area contributed by atoms with E-state index < -0.39 is 18.2 Å². The Morgan fingerprint density at radius 1 is 1.53 bits per heavy atom. The number of carbonyl (C=O) groups is 1. The van der Waals surface area contributed by atoms with E-state index >= 15 is 0 Å². The number of anilines is 1. The fourth-order valence-corrected chi connectivity index (χ4v) is 1.54. The number of ether oxygens (including phenoxy) is 1. The maximum Gasteiger partial charge on any atom is 0.339 e. The summed E-state index contributed by atoms with van der Waals surface area (Å²) in [5, 5.41) is 19.1. The van der Waals surface area contributed by atoms with Crippen molar-refractivity contribution in [2.45, 2.75) is 12.2 Å². The third-order valence-corrected chi connectivity index (χ3v) is 2.66. The molecule has 0 heterocycles. The molecule has 6 heteroatoms. The van der Waals surface area contributed by atoms with Crippen molar-refractivity contribution in [2.24, 2.45) is 0 Å². The Morgan fingerprint density at radius 3 is 2.65 bits per heavy atom. The summed E-state index contributed by atoms with van der Waals surface area (Å²) in [4.78, 5) is 11.3. The van der Waals surface area contributed by atoms with Crippen LogP contribution >= 0.6 is 11.6 Å². The van der Waals surface area contributed by atoms with E-state index in [9.17, 15) is 15.0 Å². The first-order valence-corrected chi connectivity index (χ1v) is 5.44. The maximum absolute atomic E-state index is 11.3. The monoisotopic (exact) mass is 259 g/mol. The fraction of sp³-hybridized carbons (Fsp3) is 0.364. The molecule has 1 aromatic carbocycles. The zero-order valence-corrected chi connectivity index (χ0v) is 10.0. The van der Waals surface area contributed by atoms with Gasteiger partial charge in [-0.15, -0.1) is 11.6 Å². The van der Waals surface area contributed by atoms with E-state index in [1.54, 1.807) is 0 Å². The number of alkyl halides is 1. The van der Waals surface area contributed by atoms with Gasteiger partial charge in [0.1, 0.15) is 6.10 Å². The summed E-state index contributed by atoms with van der Waals surface area (Å²) in [5.41, 5.74) is 6.43. The number of aliphatic hydroxyl groups is 2. The smallest absolute Gasteiger partial charge is 0.339 e. The fourth-order valence-electron chi connectivity index (χ4n) is 1.37. The zero-order chi connectivity index (χ0) is 13.0. The quantitative estimate of drug-likeness (QED) is 0.420. The van der Waals surface area contributed by atoms with E-state index in [-0.39, 0.29) is 17.1 Å². The van der Waals surface area contributed by atoms with Crippen molar-refractivity contribution in [3.8, 4) is 0 Å². The van der Waals surface area contributed by atoms with Gasteiger partial charge in [-0.1, -0.05) is 6.07 Å². The molecule has 2 unspecified atom stereocenters. The van der Waals surface area contributed by atoms with Gasteiger partial charge < -0.3 is 20.7 Å². The molecule has 94 valence electrons. The lowest BCUT2D eigenvalue weighted by molar-refractivity contribution is 0.0327. The molecular weight excluding hydrogens is 246 g/mol. The molecule has 0 spiro atoms. The van der Waals surface area contributed by atoms with Crippen LogP contribution in [0.15, 0.2) is 18.2 Å². The molecule has 0 radical (unpaired) electrons. The van der Waals surface area contributed by atoms with Gasteiger partial charge in [-0.2, -0.15) is 0 Å². The van der Waals surface area contributed by atoms with Gasteiger partial charge in [0.2, 0.25) is 0 Å². The van der Waals surface area contributed by atoms with Gasteiger partial charge in [0.15, 0.2) is 0 Å². The lowest BCUT2D eigenvalue weighted by Gasteiger charge is -2.16. The molecule has 0 saturated carbocycles. The van der Waals surface area contributed by atoms with Crippen LogP contribution in [0.25, 0.3) is 0 Å². The van der Waals surface area contributed by atoms with Crippen molar-refractivity contribution in [2.75, 3.05) is 18.7 Å². The van der Waals surface area contributed by atoms with Gasteiger partial charge in [0, 0.05) is 5.69 Å². The van der Waals surface area contributed by atoms with Crippen LogP contribution in [0.2, 0.25) is 0 Å². The Morgan fingerprint density at radius 2 is 2.18 bits per heavy atom. The molecule has 0 aliphatic heterocycles. The normalized spacial score (nSPS) is 14.1. The number of esters is 1. The molecule has 1 rings (SSSR count). The van der Waals surface area contributed by atoms with Gasteiger partial charge >= 0.3 is 5.97 Å². The second kappa shape index (κ2) is 5.86. The number of benzene rings is 1. The molecule has 0 bridgehead atoms. The predicted octanol–water partition coefficient (Wildman–Crippen LogP) is 0.689. The molecule has 0 amide bonds. The summed E-state index contributed by atoms with van der Waals surface area (Å²) in [7, 11) is 1.25. The van der Waals surface area contributed by atoms with E-state index in [2.05, 4.69) is 4.74 Å². The van der Waals surface area contributed by atoms with Crippen molar-refractivity contribution in [3.05, 3.63) is 29.3 Å². The second-order valence-corrected chi connectivity index (χ2v) is 3.81. The van der Waals surface area contributed by atoms with Crippen LogP contribution in [0.1, 0.15) is 22.0 Å². The first-order valence-electron chi connectivity index (χ1n) is 4.91. The second-order valence-electron chi connectivity index (χ2n) is 3.50. The number of nitrogen functional groups attached to an aromatic ring is 1. The zero-order valence-electron chi connectivity index (χ0n) is 9.26. The Balaban J connectivity index is 3.00. The summed E-state index contributed by atoms with van der Waals surface area (Å²) < 4.78 is 4.53. The van der Waals surface area contributed by atoms with Crippen LogP contribution in [0.4, 0.5) is 5.69 Å². The van der Waals surface area contributed by atoms with Crippen molar-refractivity contribution in [1.29, 1.82) is 0 Å². The molecule has 1 aromatic rings. The average Bonchev–Trinajstić information content (AvgIpc) is 2.35. The van der Waals surface area contributed by atoms with Gasteiger partial charge in [-0.3, -0.25) is 0 Å². The first-order chi connectivity index (χ1) is 8.01. The SMILES string of the molecule is COC(=O)c1ccc(C(O)C(O)CCl)cc1N. The van der Waals surface area contributed by atoms with Gasteiger partial charge in [-0.05, 0) is 17.7 Å². The Bertz CT molecular complexity index is 410. The number of carbonyl (C=O) groups excluding carboxylic acids is 1. The minimum atomic E-state index is -1.14. The van der Waals surface area contributed by atoms with Crippen LogP contribution in [-0.4, -0.2) is 35.3 Å². The van der Waals surface area contributed by atoms with Crippen molar-refractivity contribution in [3.63, 3.8) is 0 Å². The van der Waals surface area contributed by atoms with E-state index in [4.69, 9.17) is 17.3 Å². The Labute approximate surface area is 104 Å². The number of halogens is 1. The highest BCUT2D eigenvalue weighted by Crippen LogP contribution is 2.23. The highest BCUT2D eigenvalue weighted by molar-refractivity contribution is 6.18. The predicted molar refractivity (Wildman–Crippen MR) is 63.9 cm³/mol. The molecule has 0 aliphatic rings. The molecule has 0 fully saturated rings. The highest BCUT2D eigenvalue weighted by Gasteiger charge is 2.19. The first kappa shape index (κ1) is 13.8. The molecular formula is C11H14ClNO4. The van der Waals surface area contributed by atoms with E-state index in [1.165, 1.54) is 25.3 Å². The van der Waals surface area contributed by atoms with E-state index in [0.717, 1.165) is 0 Å². The number of methoxy groups -OCH3 is 1. The summed E-state index contributed by atoms with van der Waals surface area (Å²) in [6.45, 7) is 0. The third kappa shape index (κ3) is 3.09. The van der Waals surface area contributed by atoms with Crippen LogP contribution in [0.3, 0.4) is 0 Å². The number of rotatable bonds is 4. The molecule has 17 heavy (non-hydrogen) atoms. The lowest BCUT2D eigenvalue weighted by Crippen LogP contribution is -2.20. The Kier molecular flexibility index (Phi) is 4.74. The van der Waals surface area contributed by atoms with Crippen molar-refractivity contribution >= 4 is 23.3 Å². The van der Waals surface area contributed by atoms with Crippen LogP contribution in [0.5, 0.6) is 0 Å². The van der Waals surface area contributed by atoms with Crippen LogP contribution in [-0.2, 0) is 4.74 Å². The molecule has 0 saturated heterocycles. The standard InChI is InChI=1S/C11H14ClNO4/c1-17-11(16)7-3-2-6(4-8(7)13)10(15)9(14)5-12/h2-4,9-10,14-15H,5,13H2,1H3. The summed E-state index contributed by atoms with van der Waals surface area (Å²) in [6.07, 6.45) is -2.22. The number of nitrogens with two attached hydrogens (primary N) is 1. The summed E-state index contributed by atoms with van der Waals surface area (Å²) >= 11 is 5.43. The van der Waals surface area contributed by atoms with E-state index in [1.807, 2.05) is 0 Å². The van der Waals surface area contributed by atoms with Crippen molar-refractivity contribution in [1.82, 2.24) is 0 Å². The largest absolute Gasteiger partial charge is 0.465 e. The van der Waals surface area contributed by atoms with Crippen molar-refractivity contribution < 1.29 is 19.7 Å². The maximum atomic E-state index is 11.3. The molecule has 0 aromatic heterocycles. The van der Waals surface area contributed by atoms with E-state index in [0.29, 0.717) is 5.56 Å². The third-order valence-electron chi connectivity index (χ3n) is 2.35. The molecule has 5 nitrogen and oxygen atoms in total. The van der Waals surface area contributed by atoms with Crippen LogP contribution < -0.4 is 5.73 Å².